The number of hydrogen-bond acceptors (Lipinski definition) is 2. The molecule has 0 aliphatic rings. The van der Waals surface area contributed by atoms with E-state index in [0.29, 0.717) is 0 Å². The number of carbonyl (C=O) groups is 1. The first-order valence-corrected chi connectivity index (χ1v) is 4.56. The molecule has 84 valence electrons. The lowest BCUT2D eigenvalue weighted by Crippen LogP contribution is -2.08. The summed E-state index contributed by atoms with van der Waals surface area (Å²) in [5.74, 6) is -0.891. The number of carboxylic acid groups (broad SMARTS) is 1. The Bertz CT molecular complexity index is 463. The van der Waals surface area contributed by atoms with Crippen LogP contribution in [-0.2, 0) is 11.3 Å². The molecule has 2 rings (SSSR count). The standard InChI is InChI=1S/C11H10N2O2.CH4/c14-11(15)8-13-7-6-10(12-13)9-4-2-1-3-5-9;/h1-7H,8H2,(H,14,15);1H4. The molecule has 16 heavy (non-hydrogen) atoms. The largest absolute Gasteiger partial charge is 0.480 e. The van der Waals surface area contributed by atoms with Crippen LogP contribution in [0.1, 0.15) is 7.43 Å². The summed E-state index contributed by atoms with van der Waals surface area (Å²) in [4.78, 5) is 10.5. The maximum Gasteiger partial charge on any atom is 0.325 e. The molecular formula is C12H14N2O2. The molecule has 0 fully saturated rings. The molecule has 4 nitrogen and oxygen atoms in total. The van der Waals surface area contributed by atoms with Gasteiger partial charge in [-0.25, -0.2) is 0 Å². The SMILES string of the molecule is C.O=C(O)Cn1ccc(-c2ccccc2)n1. The average molecular weight is 218 g/mol. The molecule has 0 saturated carbocycles. The summed E-state index contributed by atoms with van der Waals surface area (Å²) in [6.45, 7) is -0.104. The molecule has 0 unspecified atom stereocenters. The van der Waals surface area contributed by atoms with Crippen LogP contribution in [-0.4, -0.2) is 20.9 Å². The van der Waals surface area contributed by atoms with E-state index in [0.717, 1.165) is 11.3 Å². The van der Waals surface area contributed by atoms with Crippen molar-refractivity contribution in [2.45, 2.75) is 14.0 Å². The first-order valence-electron chi connectivity index (χ1n) is 4.56. The third-order valence-corrected chi connectivity index (χ3v) is 2.01. The van der Waals surface area contributed by atoms with E-state index in [9.17, 15) is 4.79 Å². The number of aromatic nitrogens is 2. The summed E-state index contributed by atoms with van der Waals surface area (Å²) in [6, 6.07) is 11.5. The van der Waals surface area contributed by atoms with E-state index in [1.807, 2.05) is 30.3 Å². The Hall–Kier alpha value is -2.10. The Morgan fingerprint density at radius 1 is 1.25 bits per heavy atom. The van der Waals surface area contributed by atoms with Gasteiger partial charge in [-0.05, 0) is 6.07 Å². The van der Waals surface area contributed by atoms with Gasteiger partial charge in [0.05, 0.1) is 5.69 Å². The predicted molar refractivity (Wildman–Crippen MR) is 62.0 cm³/mol. The van der Waals surface area contributed by atoms with Gasteiger partial charge in [-0.2, -0.15) is 5.10 Å². The van der Waals surface area contributed by atoms with Crippen LogP contribution in [0.3, 0.4) is 0 Å². The van der Waals surface area contributed by atoms with Crippen molar-refractivity contribution in [3.63, 3.8) is 0 Å². The Morgan fingerprint density at radius 3 is 2.56 bits per heavy atom. The fourth-order valence-corrected chi connectivity index (χ4v) is 1.35. The topological polar surface area (TPSA) is 55.1 Å². The maximum atomic E-state index is 10.5. The molecule has 0 radical (unpaired) electrons. The van der Waals surface area contributed by atoms with E-state index >= 15 is 0 Å². The highest BCUT2D eigenvalue weighted by atomic mass is 16.4. The van der Waals surface area contributed by atoms with Crippen LogP contribution in [0, 0.1) is 0 Å². The number of rotatable bonds is 3. The molecule has 0 spiro atoms. The fourth-order valence-electron chi connectivity index (χ4n) is 1.35. The highest BCUT2D eigenvalue weighted by molar-refractivity contribution is 5.66. The quantitative estimate of drug-likeness (QED) is 0.859. The lowest BCUT2D eigenvalue weighted by atomic mass is 10.2. The molecule has 1 heterocycles. The van der Waals surface area contributed by atoms with Crippen molar-refractivity contribution in [3.05, 3.63) is 42.6 Å². The number of benzene rings is 1. The first-order chi connectivity index (χ1) is 7.25. The molecule has 0 bridgehead atoms. The van der Waals surface area contributed by atoms with Gasteiger partial charge in [0.1, 0.15) is 6.54 Å². The van der Waals surface area contributed by atoms with E-state index in [1.54, 1.807) is 12.3 Å². The molecule has 0 saturated heterocycles. The Morgan fingerprint density at radius 2 is 1.94 bits per heavy atom. The summed E-state index contributed by atoms with van der Waals surface area (Å²) >= 11 is 0. The van der Waals surface area contributed by atoms with Crippen LogP contribution in [0.5, 0.6) is 0 Å². The zero-order valence-corrected chi connectivity index (χ0v) is 8.00. The minimum atomic E-state index is -0.891. The third-order valence-electron chi connectivity index (χ3n) is 2.01. The van der Waals surface area contributed by atoms with Crippen molar-refractivity contribution in [2.24, 2.45) is 0 Å². The Balaban J connectivity index is 0.00000128. The average Bonchev–Trinajstić information content (AvgIpc) is 2.67. The van der Waals surface area contributed by atoms with Crippen molar-refractivity contribution in [2.75, 3.05) is 0 Å². The smallest absolute Gasteiger partial charge is 0.325 e. The second kappa shape index (κ2) is 5.11. The van der Waals surface area contributed by atoms with Gasteiger partial charge < -0.3 is 5.11 Å². The summed E-state index contributed by atoms with van der Waals surface area (Å²) in [7, 11) is 0. The number of nitrogens with zero attached hydrogens (tertiary/aromatic N) is 2. The van der Waals surface area contributed by atoms with Crippen molar-refractivity contribution in [1.82, 2.24) is 9.78 Å². The molecule has 1 aromatic heterocycles. The van der Waals surface area contributed by atoms with Crippen LogP contribution in [0.4, 0.5) is 0 Å². The van der Waals surface area contributed by atoms with Gasteiger partial charge in [0.2, 0.25) is 0 Å². The van der Waals surface area contributed by atoms with Crippen LogP contribution in [0.2, 0.25) is 0 Å². The van der Waals surface area contributed by atoms with Crippen molar-refractivity contribution in [3.8, 4) is 11.3 Å². The molecule has 2 aromatic rings. The monoisotopic (exact) mass is 218 g/mol. The van der Waals surface area contributed by atoms with Gasteiger partial charge in [-0.1, -0.05) is 37.8 Å². The third kappa shape index (κ3) is 2.70. The molecule has 0 atom stereocenters. The lowest BCUT2D eigenvalue weighted by Gasteiger charge is -1.96. The van der Waals surface area contributed by atoms with Gasteiger partial charge in [0, 0.05) is 11.8 Å². The van der Waals surface area contributed by atoms with Crippen LogP contribution >= 0.6 is 0 Å². The summed E-state index contributed by atoms with van der Waals surface area (Å²) in [6.07, 6.45) is 1.66. The van der Waals surface area contributed by atoms with Crippen molar-refractivity contribution in [1.29, 1.82) is 0 Å². The van der Waals surface area contributed by atoms with Gasteiger partial charge in [0.15, 0.2) is 0 Å². The zero-order valence-electron chi connectivity index (χ0n) is 8.00. The summed E-state index contributed by atoms with van der Waals surface area (Å²) < 4.78 is 1.41. The molecule has 0 aliphatic carbocycles. The van der Waals surface area contributed by atoms with Crippen molar-refractivity contribution >= 4 is 5.97 Å². The predicted octanol–water partition coefficient (Wildman–Crippen LogP) is 2.27. The lowest BCUT2D eigenvalue weighted by molar-refractivity contribution is -0.137. The Kier molecular flexibility index (Phi) is 3.83. The normalized spacial score (nSPS) is 9.50. The molecular weight excluding hydrogens is 204 g/mol. The van der Waals surface area contributed by atoms with Gasteiger partial charge in [-0.15, -0.1) is 0 Å². The number of carboxylic acids is 1. The second-order valence-electron chi connectivity index (χ2n) is 3.16. The van der Waals surface area contributed by atoms with E-state index < -0.39 is 5.97 Å². The highest BCUT2D eigenvalue weighted by Gasteiger charge is 2.03. The van der Waals surface area contributed by atoms with Gasteiger partial charge in [0.25, 0.3) is 0 Å². The van der Waals surface area contributed by atoms with Crippen LogP contribution < -0.4 is 0 Å². The summed E-state index contributed by atoms with van der Waals surface area (Å²) in [5.41, 5.74) is 1.78. The maximum absolute atomic E-state index is 10.5. The summed E-state index contributed by atoms with van der Waals surface area (Å²) in [5, 5.41) is 12.7. The second-order valence-corrected chi connectivity index (χ2v) is 3.16. The van der Waals surface area contributed by atoms with Crippen molar-refractivity contribution < 1.29 is 9.90 Å². The zero-order chi connectivity index (χ0) is 10.7. The number of hydrogen-bond donors (Lipinski definition) is 1. The Labute approximate surface area is 94.2 Å². The van der Waals surface area contributed by atoms with Gasteiger partial charge >= 0.3 is 5.97 Å². The van der Waals surface area contributed by atoms with Gasteiger partial charge in [-0.3, -0.25) is 9.48 Å². The van der Waals surface area contributed by atoms with Crippen LogP contribution in [0.15, 0.2) is 42.6 Å². The molecule has 0 amide bonds. The molecule has 4 heteroatoms. The van der Waals surface area contributed by atoms with Crippen LogP contribution in [0.25, 0.3) is 11.3 Å². The van der Waals surface area contributed by atoms with E-state index in [2.05, 4.69) is 5.10 Å². The first kappa shape index (κ1) is 12.0. The fraction of sp³-hybridized carbons (Fsp3) is 0.167. The van der Waals surface area contributed by atoms with E-state index in [1.165, 1.54) is 4.68 Å². The van der Waals surface area contributed by atoms with E-state index in [-0.39, 0.29) is 14.0 Å². The minimum Gasteiger partial charge on any atom is -0.480 e. The minimum absolute atomic E-state index is 0. The molecule has 1 aromatic carbocycles. The molecule has 1 N–H and O–H groups in total. The molecule has 0 aliphatic heterocycles. The highest BCUT2D eigenvalue weighted by Crippen LogP contribution is 2.15. The number of aliphatic carboxylic acids is 1. The van der Waals surface area contributed by atoms with E-state index in [4.69, 9.17) is 5.11 Å².